The minimum absolute atomic E-state index is 0.344. The average Bonchev–Trinajstić information content (AvgIpc) is 2.49. The third-order valence-electron chi connectivity index (χ3n) is 4.05. The van der Waals surface area contributed by atoms with Crippen molar-refractivity contribution in [1.82, 2.24) is 10.3 Å². The zero-order valence-electron chi connectivity index (χ0n) is 12.2. The van der Waals surface area contributed by atoms with E-state index in [1.54, 1.807) is 7.11 Å². The number of rotatable bonds is 6. The second-order valence-electron chi connectivity index (χ2n) is 5.42. The maximum atomic E-state index is 5.49. The Morgan fingerprint density at radius 3 is 2.84 bits per heavy atom. The molecule has 1 N–H and O–H groups in total. The predicted molar refractivity (Wildman–Crippen MR) is 78.4 cm³/mol. The van der Waals surface area contributed by atoms with Gasteiger partial charge in [0.05, 0.1) is 18.8 Å². The van der Waals surface area contributed by atoms with Crippen LogP contribution < -0.4 is 10.1 Å². The molecule has 1 aromatic heterocycles. The molecule has 0 aliphatic heterocycles. The Kier molecular flexibility index (Phi) is 5.64. The zero-order valence-corrected chi connectivity index (χ0v) is 12.2. The van der Waals surface area contributed by atoms with Crippen LogP contribution >= 0.6 is 0 Å². The number of hydrogen-bond acceptors (Lipinski definition) is 3. The topological polar surface area (TPSA) is 34.2 Å². The molecule has 0 radical (unpaired) electrons. The smallest absolute Gasteiger partial charge is 0.141 e. The fourth-order valence-electron chi connectivity index (χ4n) is 3.06. The Hall–Kier alpha value is -1.09. The number of ether oxygens (including phenoxy) is 1. The van der Waals surface area contributed by atoms with E-state index in [0.29, 0.717) is 12.0 Å². The lowest BCUT2D eigenvalue weighted by molar-refractivity contribution is 0.261. The molecule has 19 heavy (non-hydrogen) atoms. The van der Waals surface area contributed by atoms with Crippen LogP contribution in [0.15, 0.2) is 18.3 Å². The van der Waals surface area contributed by atoms with Gasteiger partial charge >= 0.3 is 0 Å². The van der Waals surface area contributed by atoms with Crippen molar-refractivity contribution in [2.75, 3.05) is 13.7 Å². The van der Waals surface area contributed by atoms with Gasteiger partial charge in [0.1, 0.15) is 5.75 Å². The van der Waals surface area contributed by atoms with Crippen molar-refractivity contribution < 1.29 is 4.74 Å². The third-order valence-corrected chi connectivity index (χ3v) is 4.05. The van der Waals surface area contributed by atoms with E-state index < -0.39 is 0 Å². The monoisotopic (exact) mass is 262 g/mol. The molecule has 1 aromatic rings. The third kappa shape index (κ3) is 3.69. The first-order valence-corrected chi connectivity index (χ1v) is 7.59. The van der Waals surface area contributed by atoms with Gasteiger partial charge in [0, 0.05) is 6.20 Å². The second-order valence-corrected chi connectivity index (χ2v) is 5.42. The summed E-state index contributed by atoms with van der Waals surface area (Å²) in [5.41, 5.74) is 1.09. The number of hydrogen-bond donors (Lipinski definition) is 1. The summed E-state index contributed by atoms with van der Waals surface area (Å²) >= 11 is 0. The summed E-state index contributed by atoms with van der Waals surface area (Å²) < 4.78 is 5.49. The molecule has 1 atom stereocenters. The van der Waals surface area contributed by atoms with E-state index >= 15 is 0 Å². The first-order chi connectivity index (χ1) is 9.36. The summed E-state index contributed by atoms with van der Waals surface area (Å²) in [5, 5.41) is 3.69. The molecule has 0 bridgehead atoms. The molecular weight excluding hydrogens is 236 g/mol. The summed E-state index contributed by atoms with van der Waals surface area (Å²) in [6, 6.07) is 4.31. The van der Waals surface area contributed by atoms with Crippen LogP contribution in [0.3, 0.4) is 0 Å². The molecular formula is C16H26N2O. The first kappa shape index (κ1) is 14.3. The predicted octanol–water partition coefficient (Wildman–Crippen LogP) is 3.71. The van der Waals surface area contributed by atoms with E-state index in [9.17, 15) is 0 Å². The van der Waals surface area contributed by atoms with Crippen molar-refractivity contribution in [1.29, 1.82) is 0 Å². The van der Waals surface area contributed by atoms with Crippen LogP contribution in [0.4, 0.5) is 0 Å². The largest absolute Gasteiger partial charge is 0.495 e. The highest BCUT2D eigenvalue weighted by atomic mass is 16.5. The fourth-order valence-corrected chi connectivity index (χ4v) is 3.06. The molecule has 3 nitrogen and oxygen atoms in total. The van der Waals surface area contributed by atoms with Crippen molar-refractivity contribution in [3.8, 4) is 5.75 Å². The highest BCUT2D eigenvalue weighted by molar-refractivity contribution is 5.30. The molecule has 2 rings (SSSR count). The van der Waals surface area contributed by atoms with Gasteiger partial charge in [-0.1, -0.05) is 26.2 Å². The highest BCUT2D eigenvalue weighted by Crippen LogP contribution is 2.36. The Morgan fingerprint density at radius 2 is 2.16 bits per heavy atom. The molecule has 1 fully saturated rings. The standard InChI is InChI=1S/C16H26N2O/c1-3-11-17-15(13-8-5-4-6-9-13)16-14(19-2)10-7-12-18-16/h7,10,12-13,15,17H,3-6,8-9,11H2,1-2H3. The molecule has 106 valence electrons. The second kappa shape index (κ2) is 7.49. The number of methoxy groups -OCH3 is 1. The van der Waals surface area contributed by atoms with Gasteiger partial charge in [-0.3, -0.25) is 4.98 Å². The maximum Gasteiger partial charge on any atom is 0.141 e. The summed E-state index contributed by atoms with van der Waals surface area (Å²) in [7, 11) is 1.73. The molecule has 0 saturated heterocycles. The average molecular weight is 262 g/mol. The molecule has 3 heteroatoms. The molecule has 1 unspecified atom stereocenters. The number of pyridine rings is 1. The van der Waals surface area contributed by atoms with E-state index in [1.807, 2.05) is 18.3 Å². The van der Waals surface area contributed by atoms with Crippen LogP contribution in [0.5, 0.6) is 5.75 Å². The quantitative estimate of drug-likeness (QED) is 0.848. The van der Waals surface area contributed by atoms with Crippen LogP contribution in [0, 0.1) is 5.92 Å². The fraction of sp³-hybridized carbons (Fsp3) is 0.688. The summed E-state index contributed by atoms with van der Waals surface area (Å²) in [4.78, 5) is 4.59. The number of aromatic nitrogens is 1. The van der Waals surface area contributed by atoms with E-state index in [2.05, 4.69) is 17.2 Å². The van der Waals surface area contributed by atoms with E-state index in [4.69, 9.17) is 4.74 Å². The molecule has 0 amide bonds. The van der Waals surface area contributed by atoms with Gasteiger partial charge in [0.25, 0.3) is 0 Å². The van der Waals surface area contributed by atoms with Crippen molar-refractivity contribution in [2.24, 2.45) is 5.92 Å². The Labute approximate surface area is 116 Å². The zero-order chi connectivity index (χ0) is 13.5. The van der Waals surface area contributed by atoms with Crippen LogP contribution in [0.25, 0.3) is 0 Å². The summed E-state index contributed by atoms with van der Waals surface area (Å²) in [6.07, 6.45) is 9.73. The molecule has 0 spiro atoms. The van der Waals surface area contributed by atoms with Gasteiger partial charge in [0.15, 0.2) is 0 Å². The van der Waals surface area contributed by atoms with Crippen molar-refractivity contribution in [3.05, 3.63) is 24.0 Å². The van der Waals surface area contributed by atoms with Gasteiger partial charge in [-0.25, -0.2) is 0 Å². The molecule has 1 aliphatic carbocycles. The van der Waals surface area contributed by atoms with Gasteiger partial charge in [-0.05, 0) is 43.9 Å². The molecule has 1 aliphatic rings. The minimum atomic E-state index is 0.344. The van der Waals surface area contributed by atoms with Crippen LogP contribution in [-0.2, 0) is 0 Å². The SMILES string of the molecule is CCCNC(c1ncccc1OC)C1CCCCC1. The Morgan fingerprint density at radius 1 is 1.37 bits per heavy atom. The van der Waals surface area contributed by atoms with E-state index in [-0.39, 0.29) is 0 Å². The normalized spacial score (nSPS) is 18.2. The lowest BCUT2D eigenvalue weighted by Gasteiger charge is -2.31. The van der Waals surface area contributed by atoms with Gasteiger partial charge < -0.3 is 10.1 Å². The van der Waals surface area contributed by atoms with Crippen molar-refractivity contribution >= 4 is 0 Å². The van der Waals surface area contributed by atoms with Crippen LogP contribution in [-0.4, -0.2) is 18.6 Å². The maximum absolute atomic E-state index is 5.49. The van der Waals surface area contributed by atoms with Crippen LogP contribution in [0.1, 0.15) is 57.2 Å². The summed E-state index contributed by atoms with van der Waals surface area (Å²) in [6.45, 7) is 3.25. The van der Waals surface area contributed by atoms with E-state index in [0.717, 1.165) is 24.4 Å². The summed E-state index contributed by atoms with van der Waals surface area (Å²) in [5.74, 6) is 1.62. The van der Waals surface area contributed by atoms with Crippen LogP contribution in [0.2, 0.25) is 0 Å². The van der Waals surface area contributed by atoms with Gasteiger partial charge in [0.2, 0.25) is 0 Å². The molecule has 0 aromatic carbocycles. The lowest BCUT2D eigenvalue weighted by Crippen LogP contribution is -2.31. The molecule has 1 heterocycles. The highest BCUT2D eigenvalue weighted by Gasteiger charge is 2.27. The Bertz CT molecular complexity index is 375. The number of nitrogens with one attached hydrogen (secondary N) is 1. The van der Waals surface area contributed by atoms with Crippen molar-refractivity contribution in [3.63, 3.8) is 0 Å². The van der Waals surface area contributed by atoms with Gasteiger partial charge in [-0.15, -0.1) is 0 Å². The molecule has 1 saturated carbocycles. The van der Waals surface area contributed by atoms with E-state index in [1.165, 1.54) is 32.1 Å². The van der Waals surface area contributed by atoms with Crippen molar-refractivity contribution in [2.45, 2.75) is 51.5 Å². The van der Waals surface area contributed by atoms with Gasteiger partial charge in [-0.2, -0.15) is 0 Å². The first-order valence-electron chi connectivity index (χ1n) is 7.59. The Balaban J connectivity index is 2.19. The lowest BCUT2D eigenvalue weighted by atomic mass is 9.82. The minimum Gasteiger partial charge on any atom is -0.495 e. The number of nitrogens with zero attached hydrogens (tertiary/aromatic N) is 1.